The lowest BCUT2D eigenvalue weighted by atomic mass is 10.1. The fourth-order valence-corrected chi connectivity index (χ4v) is 2.49. The molecule has 0 aliphatic rings. The summed E-state index contributed by atoms with van der Waals surface area (Å²) in [5.74, 6) is 2.68. The summed E-state index contributed by atoms with van der Waals surface area (Å²) in [5.41, 5.74) is 1.62. The van der Waals surface area contributed by atoms with Crippen molar-refractivity contribution in [1.29, 1.82) is 0 Å². The lowest BCUT2D eigenvalue weighted by molar-refractivity contribution is -0.129. The van der Waals surface area contributed by atoms with Gasteiger partial charge in [0, 0.05) is 13.0 Å². The van der Waals surface area contributed by atoms with E-state index < -0.39 is 12.0 Å². The number of amides is 1. The van der Waals surface area contributed by atoms with Crippen LogP contribution in [0.4, 0.5) is 4.39 Å². The van der Waals surface area contributed by atoms with Crippen molar-refractivity contribution in [2.75, 3.05) is 20.3 Å². The number of nitrogens with one attached hydrogen (secondary N) is 1. The third kappa shape index (κ3) is 6.32. The maximum Gasteiger partial charge on any atom is 0.249 e. The predicted molar refractivity (Wildman–Crippen MR) is 100 cm³/mol. The first-order chi connectivity index (χ1) is 13.0. The van der Waals surface area contributed by atoms with Crippen LogP contribution in [0.5, 0.6) is 11.5 Å². The molecule has 0 spiro atoms. The van der Waals surface area contributed by atoms with Crippen LogP contribution >= 0.6 is 0 Å². The number of terminal acetylenes is 1. The highest BCUT2D eigenvalue weighted by molar-refractivity contribution is 5.80. The Bertz CT molecular complexity index is 799. The molecule has 1 amide bonds. The van der Waals surface area contributed by atoms with Gasteiger partial charge in [0.25, 0.3) is 0 Å². The van der Waals surface area contributed by atoms with Gasteiger partial charge in [-0.25, -0.2) is 4.39 Å². The summed E-state index contributed by atoms with van der Waals surface area (Å²) < 4.78 is 23.5. The van der Waals surface area contributed by atoms with Crippen molar-refractivity contribution in [3.63, 3.8) is 0 Å². The van der Waals surface area contributed by atoms with E-state index in [4.69, 9.17) is 15.9 Å². The van der Waals surface area contributed by atoms with E-state index in [1.54, 1.807) is 18.2 Å². The van der Waals surface area contributed by atoms with Crippen LogP contribution in [0.15, 0.2) is 42.5 Å². The molecule has 2 N–H and O–H groups in total. The molecule has 0 saturated carbocycles. The van der Waals surface area contributed by atoms with Crippen LogP contribution in [-0.2, 0) is 17.6 Å². The second-order valence-electron chi connectivity index (χ2n) is 5.87. The third-order valence-corrected chi connectivity index (χ3v) is 3.90. The van der Waals surface area contributed by atoms with E-state index in [2.05, 4.69) is 11.2 Å². The van der Waals surface area contributed by atoms with Crippen LogP contribution in [-0.4, -0.2) is 37.4 Å². The Morgan fingerprint density at radius 2 is 1.93 bits per heavy atom. The van der Waals surface area contributed by atoms with Gasteiger partial charge in [0.05, 0.1) is 7.11 Å². The summed E-state index contributed by atoms with van der Waals surface area (Å²) in [7, 11) is 1.54. The highest BCUT2D eigenvalue weighted by Gasteiger charge is 2.15. The zero-order valence-corrected chi connectivity index (χ0v) is 15.1. The minimum absolute atomic E-state index is 0.126. The van der Waals surface area contributed by atoms with Gasteiger partial charge < -0.3 is 19.9 Å². The molecule has 0 radical (unpaired) electrons. The van der Waals surface area contributed by atoms with Crippen molar-refractivity contribution in [2.45, 2.75) is 18.9 Å². The van der Waals surface area contributed by atoms with Gasteiger partial charge in [-0.1, -0.05) is 24.1 Å². The number of aliphatic hydroxyl groups excluding tert-OH is 1. The van der Waals surface area contributed by atoms with Crippen molar-refractivity contribution >= 4 is 5.91 Å². The highest BCUT2D eigenvalue weighted by Crippen LogP contribution is 2.28. The first kappa shape index (κ1) is 20.3. The number of aliphatic hydroxyl groups is 1. The lowest BCUT2D eigenvalue weighted by Gasteiger charge is -2.13. The number of benzene rings is 2. The fraction of sp³-hybridized carbons (Fsp3) is 0.286. The summed E-state index contributed by atoms with van der Waals surface area (Å²) >= 11 is 0. The monoisotopic (exact) mass is 371 g/mol. The number of ether oxygens (including phenoxy) is 2. The molecule has 142 valence electrons. The number of methoxy groups -OCH3 is 1. The Balaban J connectivity index is 1.83. The van der Waals surface area contributed by atoms with Crippen molar-refractivity contribution in [3.8, 4) is 23.8 Å². The van der Waals surface area contributed by atoms with Gasteiger partial charge >= 0.3 is 0 Å². The maximum atomic E-state index is 12.9. The fourth-order valence-electron chi connectivity index (χ4n) is 2.49. The molecule has 1 atom stereocenters. The number of halogens is 1. The summed E-state index contributed by atoms with van der Waals surface area (Å²) in [6, 6.07) is 11.1. The standard InChI is InChI=1S/C21H22FNO4/c1-3-12-27-19-9-6-16(14-20(19)26-2)10-11-23-21(25)18(24)13-15-4-7-17(22)8-5-15/h1,4-9,14,18,24H,10-13H2,2H3,(H,23,25)/t18-/m0/s1. The number of rotatable bonds is 9. The quantitative estimate of drug-likeness (QED) is 0.663. The summed E-state index contributed by atoms with van der Waals surface area (Å²) in [4.78, 5) is 12.0. The zero-order chi connectivity index (χ0) is 19.6. The molecule has 6 heteroatoms. The number of carbonyl (C=O) groups is 1. The molecule has 0 saturated heterocycles. The molecule has 0 bridgehead atoms. The first-order valence-corrected chi connectivity index (χ1v) is 8.47. The second kappa shape index (κ2) is 10.2. The number of hydrogen-bond acceptors (Lipinski definition) is 4. The summed E-state index contributed by atoms with van der Waals surface area (Å²) in [5, 5.41) is 12.7. The minimum Gasteiger partial charge on any atom is -0.493 e. The molecule has 0 aromatic heterocycles. The van der Waals surface area contributed by atoms with Gasteiger partial charge in [-0.2, -0.15) is 0 Å². The van der Waals surface area contributed by atoms with Gasteiger partial charge in [0.1, 0.15) is 18.5 Å². The molecule has 0 fully saturated rings. The Hall–Kier alpha value is -3.04. The molecular formula is C21H22FNO4. The van der Waals surface area contributed by atoms with E-state index in [0.717, 1.165) is 5.56 Å². The Labute approximate surface area is 158 Å². The largest absolute Gasteiger partial charge is 0.493 e. The van der Waals surface area contributed by atoms with E-state index in [-0.39, 0.29) is 18.8 Å². The minimum atomic E-state index is -1.19. The maximum absolute atomic E-state index is 12.9. The van der Waals surface area contributed by atoms with E-state index in [9.17, 15) is 14.3 Å². The topological polar surface area (TPSA) is 67.8 Å². The summed E-state index contributed by atoms with van der Waals surface area (Å²) in [6.45, 7) is 0.505. The van der Waals surface area contributed by atoms with Crippen LogP contribution in [0.3, 0.4) is 0 Å². The van der Waals surface area contributed by atoms with Crippen molar-refractivity contribution in [3.05, 3.63) is 59.4 Å². The van der Waals surface area contributed by atoms with Crippen LogP contribution in [0.1, 0.15) is 11.1 Å². The van der Waals surface area contributed by atoms with Crippen molar-refractivity contribution < 1.29 is 23.8 Å². The molecule has 27 heavy (non-hydrogen) atoms. The Morgan fingerprint density at radius 3 is 2.59 bits per heavy atom. The van der Waals surface area contributed by atoms with E-state index in [0.29, 0.717) is 30.0 Å². The average Bonchev–Trinajstić information content (AvgIpc) is 2.68. The average molecular weight is 371 g/mol. The highest BCUT2D eigenvalue weighted by atomic mass is 19.1. The molecule has 0 unspecified atom stereocenters. The van der Waals surface area contributed by atoms with E-state index in [1.165, 1.54) is 19.2 Å². The van der Waals surface area contributed by atoms with Crippen molar-refractivity contribution in [2.24, 2.45) is 0 Å². The van der Waals surface area contributed by atoms with Gasteiger partial charge in [0.15, 0.2) is 11.5 Å². The molecule has 2 aromatic rings. The van der Waals surface area contributed by atoms with Crippen molar-refractivity contribution in [1.82, 2.24) is 5.32 Å². The molecule has 0 heterocycles. The molecule has 0 aliphatic carbocycles. The van der Waals surface area contributed by atoms with Crippen LogP contribution in [0.2, 0.25) is 0 Å². The van der Waals surface area contributed by atoms with Gasteiger partial charge in [-0.05, 0) is 41.8 Å². The van der Waals surface area contributed by atoms with Crippen LogP contribution in [0.25, 0.3) is 0 Å². The lowest BCUT2D eigenvalue weighted by Crippen LogP contribution is -2.37. The van der Waals surface area contributed by atoms with E-state index >= 15 is 0 Å². The number of hydrogen-bond donors (Lipinski definition) is 2. The normalized spacial score (nSPS) is 11.3. The van der Waals surface area contributed by atoms with Crippen LogP contribution in [0, 0.1) is 18.2 Å². The summed E-state index contributed by atoms with van der Waals surface area (Å²) in [6.07, 6.45) is 4.67. The van der Waals surface area contributed by atoms with Gasteiger partial charge in [-0.15, -0.1) is 6.42 Å². The Kier molecular flexibility index (Phi) is 7.65. The number of carbonyl (C=O) groups excluding carboxylic acids is 1. The van der Waals surface area contributed by atoms with E-state index in [1.807, 2.05) is 12.1 Å². The molecular weight excluding hydrogens is 349 g/mol. The SMILES string of the molecule is C#CCOc1ccc(CCNC(=O)[C@@H](O)Cc2ccc(F)cc2)cc1OC. The van der Waals surface area contributed by atoms with Gasteiger partial charge in [-0.3, -0.25) is 4.79 Å². The predicted octanol–water partition coefficient (Wildman–Crippen LogP) is 2.11. The van der Waals surface area contributed by atoms with Crippen LogP contribution < -0.4 is 14.8 Å². The molecule has 5 nitrogen and oxygen atoms in total. The first-order valence-electron chi connectivity index (χ1n) is 8.47. The Morgan fingerprint density at radius 1 is 1.22 bits per heavy atom. The second-order valence-corrected chi connectivity index (χ2v) is 5.87. The smallest absolute Gasteiger partial charge is 0.249 e. The van der Waals surface area contributed by atoms with Gasteiger partial charge in [0.2, 0.25) is 5.91 Å². The molecule has 2 aromatic carbocycles. The molecule has 0 aliphatic heterocycles. The zero-order valence-electron chi connectivity index (χ0n) is 15.1. The third-order valence-electron chi connectivity index (χ3n) is 3.90. The molecule has 2 rings (SSSR count).